The van der Waals surface area contributed by atoms with E-state index in [1.165, 1.54) is 121 Å². The first-order valence-electron chi connectivity index (χ1n) is 22.9. The largest absolute Gasteiger partial charge is 0.311 e. The van der Waals surface area contributed by atoms with Crippen molar-refractivity contribution in [3.8, 4) is 33.4 Å². The molecule has 306 valence electrons. The van der Waals surface area contributed by atoms with Crippen LogP contribution in [0, 0.1) is 0 Å². The summed E-state index contributed by atoms with van der Waals surface area (Å²) in [6.45, 7) is 6.91. The highest BCUT2D eigenvalue weighted by Crippen LogP contribution is 2.64. The number of hydrogen-bond donors (Lipinski definition) is 0. The highest BCUT2D eigenvalue weighted by molar-refractivity contribution is 7.33. The third-order valence-corrected chi connectivity index (χ3v) is 16.0. The number of rotatable bonds is 3. The van der Waals surface area contributed by atoms with Crippen molar-refractivity contribution in [2.75, 3.05) is 9.80 Å². The lowest BCUT2D eigenvalue weighted by Crippen LogP contribution is -2.60. The van der Waals surface area contributed by atoms with Gasteiger partial charge in [-0.3, -0.25) is 0 Å². The van der Waals surface area contributed by atoms with Gasteiger partial charge < -0.3 is 9.80 Å². The fraction of sp³-hybridized carbons (Fsp3) is 0.0820. The van der Waals surface area contributed by atoms with E-state index in [9.17, 15) is 0 Å². The zero-order valence-electron chi connectivity index (χ0n) is 36.5. The highest BCUT2D eigenvalue weighted by Gasteiger charge is 2.52. The molecular formula is C61H43BN2S. The Balaban J connectivity index is 1.07. The second-order valence-corrected chi connectivity index (χ2v) is 20.3. The maximum Gasteiger partial charge on any atom is 0.264 e. The van der Waals surface area contributed by atoms with Crippen molar-refractivity contribution in [2.45, 2.75) is 31.6 Å². The Hall–Kier alpha value is -7.40. The van der Waals surface area contributed by atoms with Crippen LogP contribution >= 0.6 is 11.3 Å². The number of thiophene rings is 1. The summed E-state index contributed by atoms with van der Waals surface area (Å²) in [4.78, 5) is 5.12. The zero-order chi connectivity index (χ0) is 43.2. The first-order chi connectivity index (χ1) is 31.9. The van der Waals surface area contributed by atoms with E-state index in [0.29, 0.717) is 0 Å². The van der Waals surface area contributed by atoms with Gasteiger partial charge in [0.2, 0.25) is 0 Å². The van der Waals surface area contributed by atoms with Gasteiger partial charge in [-0.05, 0) is 132 Å². The molecule has 0 saturated heterocycles. The van der Waals surface area contributed by atoms with Gasteiger partial charge in [0.1, 0.15) is 0 Å². The van der Waals surface area contributed by atoms with Crippen LogP contribution in [0.15, 0.2) is 206 Å². The maximum atomic E-state index is 2.59. The Morgan fingerprint density at radius 2 is 1.02 bits per heavy atom. The number of nitrogens with zero attached hydrogens (tertiary/aromatic N) is 2. The molecule has 1 spiro atoms. The van der Waals surface area contributed by atoms with Crippen LogP contribution in [0.25, 0.3) is 43.5 Å². The van der Waals surface area contributed by atoms with Crippen molar-refractivity contribution in [2.24, 2.45) is 0 Å². The van der Waals surface area contributed by atoms with Gasteiger partial charge in [0, 0.05) is 43.3 Å². The summed E-state index contributed by atoms with van der Waals surface area (Å²) < 4.78 is 2.71. The Kier molecular flexibility index (Phi) is 7.59. The van der Waals surface area contributed by atoms with Crippen molar-refractivity contribution in [1.82, 2.24) is 0 Å². The lowest BCUT2D eigenvalue weighted by Gasteiger charge is -2.43. The summed E-state index contributed by atoms with van der Waals surface area (Å²) in [5, 5.41) is 1.30. The van der Waals surface area contributed by atoms with Crippen molar-refractivity contribution in [1.29, 1.82) is 0 Å². The standard InChI is InChI=1S/C61H43BN2S/c1-60(2,3)40-30-32-42(33-31-40)63-53-27-16-28-54-57(53)62(52-34-29-39(35-55(52)63)38-17-6-4-7-18-38)59-58(64(54)41-19-8-5-9-20-41)47-36-46-45-23-12-15-26-50(45)61(51(46)37-56(47)65-59)48-24-13-10-21-43(48)44-22-11-14-25-49(44)61/h4-37H,1-3H3. The molecule has 3 heterocycles. The van der Waals surface area contributed by atoms with Crippen LogP contribution in [0.2, 0.25) is 0 Å². The second kappa shape index (κ2) is 13.3. The van der Waals surface area contributed by atoms with Gasteiger partial charge in [-0.1, -0.05) is 172 Å². The van der Waals surface area contributed by atoms with Crippen molar-refractivity contribution in [3.05, 3.63) is 234 Å². The molecule has 2 nitrogen and oxygen atoms in total. The zero-order valence-corrected chi connectivity index (χ0v) is 37.3. The molecule has 4 aliphatic rings. The van der Waals surface area contributed by atoms with E-state index in [1.807, 2.05) is 11.3 Å². The number of para-hydroxylation sites is 1. The first-order valence-corrected chi connectivity index (χ1v) is 23.7. The summed E-state index contributed by atoms with van der Waals surface area (Å²) in [5.41, 5.74) is 24.3. The molecule has 0 unspecified atom stereocenters. The Bertz CT molecular complexity index is 3560. The smallest absolute Gasteiger partial charge is 0.264 e. The molecule has 2 aliphatic carbocycles. The van der Waals surface area contributed by atoms with Crippen molar-refractivity contribution < 1.29 is 0 Å². The van der Waals surface area contributed by atoms with Gasteiger partial charge in [-0.15, -0.1) is 11.3 Å². The summed E-state index contributed by atoms with van der Waals surface area (Å²) in [7, 11) is 0. The maximum absolute atomic E-state index is 2.59. The minimum absolute atomic E-state index is 0.0301. The van der Waals surface area contributed by atoms with Gasteiger partial charge in [-0.2, -0.15) is 0 Å². The molecule has 0 fully saturated rings. The Morgan fingerprint density at radius 1 is 0.446 bits per heavy atom. The van der Waals surface area contributed by atoms with E-state index in [2.05, 4.69) is 237 Å². The molecule has 14 rings (SSSR count). The lowest BCUT2D eigenvalue weighted by molar-refractivity contribution is 0.590. The molecule has 0 N–H and O–H groups in total. The van der Waals surface area contributed by atoms with Crippen LogP contribution in [0.4, 0.5) is 34.1 Å². The van der Waals surface area contributed by atoms with Crippen LogP contribution in [-0.4, -0.2) is 6.71 Å². The molecule has 2 aliphatic heterocycles. The third-order valence-electron chi connectivity index (χ3n) is 14.8. The monoisotopic (exact) mass is 846 g/mol. The second-order valence-electron chi connectivity index (χ2n) is 19.2. The highest BCUT2D eigenvalue weighted by atomic mass is 32.1. The van der Waals surface area contributed by atoms with Gasteiger partial charge in [0.15, 0.2) is 0 Å². The molecule has 0 amide bonds. The van der Waals surface area contributed by atoms with E-state index >= 15 is 0 Å². The average Bonchev–Trinajstić information content (AvgIpc) is 3.97. The Labute approximate surface area is 384 Å². The molecule has 0 saturated carbocycles. The normalized spacial score (nSPS) is 14.4. The van der Waals surface area contributed by atoms with Gasteiger partial charge in [-0.25, -0.2) is 0 Å². The first kappa shape index (κ1) is 37.0. The predicted octanol–water partition coefficient (Wildman–Crippen LogP) is 14.3. The summed E-state index contributed by atoms with van der Waals surface area (Å²) in [6, 6.07) is 78.0. The van der Waals surface area contributed by atoms with E-state index in [4.69, 9.17) is 0 Å². The molecule has 65 heavy (non-hydrogen) atoms. The van der Waals surface area contributed by atoms with Crippen molar-refractivity contribution >= 4 is 78.0 Å². The summed E-state index contributed by atoms with van der Waals surface area (Å²) in [6.07, 6.45) is 0. The molecule has 4 heteroatoms. The quantitative estimate of drug-likeness (QED) is 0.163. The number of hydrogen-bond acceptors (Lipinski definition) is 3. The van der Waals surface area contributed by atoms with Gasteiger partial charge in [0.05, 0.1) is 11.1 Å². The number of benzene rings is 9. The molecule has 9 aromatic carbocycles. The minimum Gasteiger partial charge on any atom is -0.311 e. The van der Waals surface area contributed by atoms with Gasteiger partial charge in [0.25, 0.3) is 6.71 Å². The minimum atomic E-state index is -0.401. The predicted molar refractivity (Wildman–Crippen MR) is 276 cm³/mol. The van der Waals surface area contributed by atoms with Crippen LogP contribution in [0.1, 0.15) is 48.6 Å². The fourth-order valence-electron chi connectivity index (χ4n) is 12.0. The molecule has 0 bridgehead atoms. The molecular weight excluding hydrogens is 804 g/mol. The van der Waals surface area contributed by atoms with E-state index in [0.717, 1.165) is 0 Å². The van der Waals surface area contributed by atoms with Crippen LogP contribution in [0.3, 0.4) is 0 Å². The van der Waals surface area contributed by atoms with E-state index < -0.39 is 5.41 Å². The number of fused-ring (bicyclic) bond motifs is 16. The molecule has 10 aromatic rings. The van der Waals surface area contributed by atoms with Crippen molar-refractivity contribution in [3.63, 3.8) is 0 Å². The fourth-order valence-corrected chi connectivity index (χ4v) is 13.4. The third kappa shape index (κ3) is 4.95. The van der Waals surface area contributed by atoms with Crippen LogP contribution in [0.5, 0.6) is 0 Å². The number of anilines is 6. The lowest BCUT2D eigenvalue weighted by atomic mass is 9.36. The Morgan fingerprint density at radius 3 is 1.66 bits per heavy atom. The molecule has 0 atom stereocenters. The molecule has 0 radical (unpaired) electrons. The van der Waals surface area contributed by atoms with E-state index in [1.54, 1.807) is 0 Å². The summed E-state index contributed by atoms with van der Waals surface area (Å²) in [5.74, 6) is 0. The SMILES string of the molecule is CC(C)(C)c1ccc(N2c3cc(-c4ccccc4)ccc3B3c4sc5cc6c(cc5c4N(c4ccccc4)c4cccc2c43)-c2ccccc2C62c3ccccc3-c3ccccc32)cc1. The average molecular weight is 847 g/mol. The van der Waals surface area contributed by atoms with Gasteiger partial charge >= 0.3 is 0 Å². The topological polar surface area (TPSA) is 6.48 Å². The van der Waals surface area contributed by atoms with Crippen LogP contribution < -0.4 is 25.5 Å². The summed E-state index contributed by atoms with van der Waals surface area (Å²) >= 11 is 1.99. The van der Waals surface area contributed by atoms with Crippen LogP contribution in [-0.2, 0) is 10.8 Å². The van der Waals surface area contributed by atoms with E-state index in [-0.39, 0.29) is 12.1 Å². The molecule has 1 aromatic heterocycles.